The molecule has 1 aliphatic heterocycles. The van der Waals surface area contributed by atoms with Crippen LogP contribution in [0.5, 0.6) is 5.75 Å². The summed E-state index contributed by atoms with van der Waals surface area (Å²) in [6, 6.07) is 17.0. The first-order valence-corrected chi connectivity index (χ1v) is 11.3. The molecule has 2 amide bonds. The molecule has 0 aromatic heterocycles. The van der Waals surface area contributed by atoms with Crippen molar-refractivity contribution >= 4 is 11.8 Å². The molecule has 9 heteroatoms. The van der Waals surface area contributed by atoms with E-state index in [0.717, 1.165) is 12.1 Å². The van der Waals surface area contributed by atoms with Gasteiger partial charge in [0.1, 0.15) is 11.6 Å². The van der Waals surface area contributed by atoms with Crippen LogP contribution in [0.3, 0.4) is 0 Å². The summed E-state index contributed by atoms with van der Waals surface area (Å²) in [5.74, 6) is -1.96. The zero-order valence-electron chi connectivity index (χ0n) is 19.4. The monoisotopic (exact) mass is 500 g/mol. The van der Waals surface area contributed by atoms with Gasteiger partial charge in [0, 0.05) is 31.1 Å². The number of benzene rings is 3. The number of nitrogens with zero attached hydrogens (tertiary/aromatic N) is 1. The van der Waals surface area contributed by atoms with E-state index in [0.29, 0.717) is 22.4 Å². The topological polar surface area (TPSA) is 58.6 Å². The maximum absolute atomic E-state index is 13.4. The molecular weight excluding hydrogens is 476 g/mol. The summed E-state index contributed by atoms with van der Waals surface area (Å²) in [5, 5.41) is 2.78. The lowest BCUT2D eigenvalue weighted by molar-refractivity contribution is -0.137. The van der Waals surface area contributed by atoms with Gasteiger partial charge in [-0.05, 0) is 53.6 Å². The summed E-state index contributed by atoms with van der Waals surface area (Å²) in [5.41, 5.74) is 0.567. The van der Waals surface area contributed by atoms with E-state index in [-0.39, 0.29) is 25.5 Å². The molecule has 1 N–H and O–H groups in total. The molecule has 0 bridgehead atoms. The number of rotatable bonds is 6. The third-order valence-corrected chi connectivity index (χ3v) is 6.30. The SMILES string of the molecule is COc1ccc(C(=O)N2CC(C(=O)NCc3ccc(F)cc3)C(c3cccc(C(F)(F)F)c3)C2)cc1. The third-order valence-electron chi connectivity index (χ3n) is 6.30. The molecule has 0 radical (unpaired) electrons. The third kappa shape index (κ3) is 5.67. The molecule has 0 saturated carbocycles. The van der Waals surface area contributed by atoms with Gasteiger partial charge in [-0.2, -0.15) is 13.2 Å². The fourth-order valence-corrected chi connectivity index (χ4v) is 4.36. The van der Waals surface area contributed by atoms with Crippen molar-refractivity contribution in [2.45, 2.75) is 18.6 Å². The first kappa shape index (κ1) is 25.2. The van der Waals surface area contributed by atoms with E-state index in [4.69, 9.17) is 4.74 Å². The lowest BCUT2D eigenvalue weighted by Crippen LogP contribution is -2.35. The smallest absolute Gasteiger partial charge is 0.416 e. The molecule has 0 aliphatic carbocycles. The molecule has 2 unspecified atom stereocenters. The first-order valence-electron chi connectivity index (χ1n) is 11.3. The van der Waals surface area contributed by atoms with Crippen molar-refractivity contribution in [3.8, 4) is 5.75 Å². The number of carbonyl (C=O) groups is 2. The van der Waals surface area contributed by atoms with Crippen molar-refractivity contribution in [1.29, 1.82) is 0 Å². The number of likely N-dealkylation sites (tertiary alicyclic amines) is 1. The number of amides is 2. The van der Waals surface area contributed by atoms with Gasteiger partial charge in [0.15, 0.2) is 0 Å². The zero-order valence-corrected chi connectivity index (χ0v) is 19.4. The summed E-state index contributed by atoms with van der Waals surface area (Å²) in [6.07, 6.45) is -4.53. The summed E-state index contributed by atoms with van der Waals surface area (Å²) in [7, 11) is 1.51. The molecule has 1 saturated heterocycles. The Balaban J connectivity index is 1.58. The molecule has 1 aliphatic rings. The number of nitrogens with one attached hydrogen (secondary N) is 1. The van der Waals surface area contributed by atoms with Gasteiger partial charge in [0.05, 0.1) is 18.6 Å². The van der Waals surface area contributed by atoms with Gasteiger partial charge in [0.2, 0.25) is 5.91 Å². The molecular formula is C27H24F4N2O3. The van der Waals surface area contributed by atoms with Crippen molar-refractivity contribution in [3.05, 3.63) is 101 Å². The van der Waals surface area contributed by atoms with E-state index < -0.39 is 35.3 Å². The average Bonchev–Trinajstić information content (AvgIpc) is 3.33. The Labute approximate surface area is 205 Å². The maximum Gasteiger partial charge on any atom is 0.416 e. The highest BCUT2D eigenvalue weighted by atomic mass is 19.4. The fraction of sp³-hybridized carbons (Fsp3) is 0.259. The number of hydrogen-bond acceptors (Lipinski definition) is 3. The first-order chi connectivity index (χ1) is 17.2. The Bertz CT molecular complexity index is 1230. The second kappa shape index (κ2) is 10.4. The Morgan fingerprint density at radius 3 is 2.33 bits per heavy atom. The van der Waals surface area contributed by atoms with Crippen molar-refractivity contribution in [3.63, 3.8) is 0 Å². The van der Waals surface area contributed by atoms with Crippen LogP contribution in [0, 0.1) is 11.7 Å². The normalized spacial score (nSPS) is 17.6. The van der Waals surface area contributed by atoms with Crippen molar-refractivity contribution in [2.24, 2.45) is 5.92 Å². The molecule has 3 aromatic rings. The van der Waals surface area contributed by atoms with Crippen molar-refractivity contribution in [1.82, 2.24) is 10.2 Å². The molecule has 5 nitrogen and oxygen atoms in total. The second-order valence-electron chi connectivity index (χ2n) is 8.62. The quantitative estimate of drug-likeness (QED) is 0.484. The fourth-order valence-electron chi connectivity index (χ4n) is 4.36. The Kier molecular flexibility index (Phi) is 7.28. The average molecular weight is 500 g/mol. The summed E-state index contributed by atoms with van der Waals surface area (Å²) >= 11 is 0. The van der Waals surface area contributed by atoms with Crippen molar-refractivity contribution in [2.75, 3.05) is 20.2 Å². The van der Waals surface area contributed by atoms with Crippen LogP contribution in [0.4, 0.5) is 17.6 Å². The highest BCUT2D eigenvalue weighted by molar-refractivity contribution is 5.95. The van der Waals surface area contributed by atoms with E-state index in [2.05, 4.69) is 5.32 Å². The van der Waals surface area contributed by atoms with Gasteiger partial charge in [-0.25, -0.2) is 4.39 Å². The number of carbonyl (C=O) groups excluding carboxylic acids is 2. The standard InChI is InChI=1S/C27H24F4N2O3/c1-36-22-11-7-18(8-12-22)26(35)33-15-23(19-3-2-4-20(13-19)27(29,30)31)24(16-33)25(34)32-14-17-5-9-21(28)10-6-17/h2-13,23-24H,14-16H2,1H3,(H,32,34). The Hall–Kier alpha value is -3.88. The minimum atomic E-state index is -4.53. The largest absolute Gasteiger partial charge is 0.497 e. The number of halogens is 4. The second-order valence-corrected chi connectivity index (χ2v) is 8.62. The van der Waals surface area contributed by atoms with Crippen LogP contribution in [0.2, 0.25) is 0 Å². The van der Waals surface area contributed by atoms with Crippen molar-refractivity contribution < 1.29 is 31.9 Å². The molecule has 36 heavy (non-hydrogen) atoms. The molecule has 3 aromatic carbocycles. The number of ether oxygens (including phenoxy) is 1. The number of alkyl halides is 3. The van der Waals surface area contributed by atoms with Crippen LogP contribution >= 0.6 is 0 Å². The van der Waals surface area contributed by atoms with Crippen LogP contribution in [0.15, 0.2) is 72.8 Å². The predicted molar refractivity (Wildman–Crippen MR) is 125 cm³/mol. The maximum atomic E-state index is 13.4. The predicted octanol–water partition coefficient (Wildman–Crippen LogP) is 5.03. The van der Waals surface area contributed by atoms with Crippen LogP contribution < -0.4 is 10.1 Å². The summed E-state index contributed by atoms with van der Waals surface area (Å²) in [4.78, 5) is 27.8. The van der Waals surface area contributed by atoms with Gasteiger partial charge in [0.25, 0.3) is 5.91 Å². The lowest BCUT2D eigenvalue weighted by Gasteiger charge is -2.19. The molecule has 1 heterocycles. The van der Waals surface area contributed by atoms with E-state index >= 15 is 0 Å². The van der Waals surface area contributed by atoms with E-state index in [1.165, 1.54) is 42.3 Å². The van der Waals surface area contributed by atoms with Gasteiger partial charge < -0.3 is 15.0 Å². The number of hydrogen-bond donors (Lipinski definition) is 1. The van der Waals surface area contributed by atoms with E-state index in [1.807, 2.05) is 0 Å². The van der Waals surface area contributed by atoms with Crippen LogP contribution in [-0.2, 0) is 17.5 Å². The summed E-state index contributed by atoms with van der Waals surface area (Å²) in [6.45, 7) is 0.249. The summed E-state index contributed by atoms with van der Waals surface area (Å²) < 4.78 is 58.4. The minimum Gasteiger partial charge on any atom is -0.497 e. The highest BCUT2D eigenvalue weighted by Gasteiger charge is 2.41. The van der Waals surface area contributed by atoms with Gasteiger partial charge in [-0.1, -0.05) is 30.3 Å². The van der Waals surface area contributed by atoms with Crippen LogP contribution in [0.1, 0.15) is 33.0 Å². The van der Waals surface area contributed by atoms with Crippen LogP contribution in [-0.4, -0.2) is 36.9 Å². The molecule has 2 atom stereocenters. The molecule has 0 spiro atoms. The molecule has 1 fully saturated rings. The van der Waals surface area contributed by atoms with E-state index in [1.54, 1.807) is 30.3 Å². The van der Waals surface area contributed by atoms with Gasteiger partial charge in [-0.3, -0.25) is 9.59 Å². The molecule has 4 rings (SSSR count). The van der Waals surface area contributed by atoms with Gasteiger partial charge >= 0.3 is 6.18 Å². The minimum absolute atomic E-state index is 0.0427. The van der Waals surface area contributed by atoms with E-state index in [9.17, 15) is 27.2 Å². The Morgan fingerprint density at radius 2 is 1.69 bits per heavy atom. The Morgan fingerprint density at radius 1 is 1.00 bits per heavy atom. The highest BCUT2D eigenvalue weighted by Crippen LogP contribution is 2.37. The lowest BCUT2D eigenvalue weighted by atomic mass is 9.87. The zero-order chi connectivity index (χ0) is 25.9. The van der Waals surface area contributed by atoms with Gasteiger partial charge in [-0.15, -0.1) is 0 Å². The number of methoxy groups -OCH3 is 1. The van der Waals surface area contributed by atoms with Crippen LogP contribution in [0.25, 0.3) is 0 Å². The molecule has 188 valence electrons.